The highest BCUT2D eigenvalue weighted by molar-refractivity contribution is 5.67. The molecule has 1 unspecified atom stereocenters. The predicted molar refractivity (Wildman–Crippen MR) is 143 cm³/mol. The number of hydrogen-bond acceptors (Lipinski definition) is 5. The Bertz CT molecular complexity index is 1090. The molecule has 35 heavy (non-hydrogen) atoms. The van der Waals surface area contributed by atoms with E-state index in [-0.39, 0.29) is 11.6 Å². The van der Waals surface area contributed by atoms with Crippen LogP contribution < -0.4 is 25.8 Å². The molecule has 4 rings (SSSR count). The maximum atomic E-state index is 6.50. The number of methoxy groups -OCH3 is 2. The van der Waals surface area contributed by atoms with E-state index in [1.807, 2.05) is 48.5 Å². The van der Waals surface area contributed by atoms with E-state index in [1.54, 1.807) is 14.2 Å². The van der Waals surface area contributed by atoms with Gasteiger partial charge in [0.15, 0.2) is 0 Å². The minimum atomic E-state index is -0.196. The fourth-order valence-corrected chi connectivity index (χ4v) is 5.12. The highest BCUT2D eigenvalue weighted by Crippen LogP contribution is 2.40. The standard InChI is InChI=1S/C30H37N3O2/c1-22(27-11-7-8-12-28(27)35-3)32-21-30(24-9-5-4-6-10-24)19-17-25(18-20-30)33-29(31)23-13-15-26(34-2)16-14-23/h4-16,25,29,32-33H,1,17-21,31H2,2-3H3. The third-order valence-electron chi connectivity index (χ3n) is 7.29. The molecule has 4 N–H and O–H groups in total. The molecular formula is C30H37N3O2. The lowest BCUT2D eigenvalue weighted by atomic mass is 9.68. The molecule has 3 aromatic carbocycles. The molecular weight excluding hydrogens is 434 g/mol. The smallest absolute Gasteiger partial charge is 0.128 e. The zero-order valence-corrected chi connectivity index (χ0v) is 20.8. The SMILES string of the molecule is C=C(NCC1(c2ccccc2)CCC(NC(N)c2ccc(OC)cc2)CC1)c1ccccc1OC. The minimum absolute atomic E-state index is 0.0363. The van der Waals surface area contributed by atoms with E-state index < -0.39 is 0 Å². The van der Waals surface area contributed by atoms with Gasteiger partial charge in [0.2, 0.25) is 0 Å². The maximum absolute atomic E-state index is 6.50. The first-order valence-electron chi connectivity index (χ1n) is 12.3. The average molecular weight is 472 g/mol. The van der Waals surface area contributed by atoms with Gasteiger partial charge in [-0.25, -0.2) is 0 Å². The molecule has 1 saturated carbocycles. The van der Waals surface area contributed by atoms with Crippen molar-refractivity contribution in [3.05, 3.63) is 102 Å². The Labute approximate surface area is 209 Å². The van der Waals surface area contributed by atoms with E-state index >= 15 is 0 Å². The second-order valence-electron chi connectivity index (χ2n) is 9.37. The molecule has 0 heterocycles. The fourth-order valence-electron chi connectivity index (χ4n) is 5.12. The molecule has 1 aliphatic rings. The molecule has 1 fully saturated rings. The van der Waals surface area contributed by atoms with Crippen LogP contribution in [0.1, 0.15) is 48.5 Å². The van der Waals surface area contributed by atoms with Crippen molar-refractivity contribution in [3.63, 3.8) is 0 Å². The van der Waals surface area contributed by atoms with Crippen LogP contribution in [0, 0.1) is 0 Å². The summed E-state index contributed by atoms with van der Waals surface area (Å²) in [5.74, 6) is 1.67. The second-order valence-corrected chi connectivity index (χ2v) is 9.37. The first-order valence-corrected chi connectivity index (χ1v) is 12.3. The fraction of sp³-hybridized carbons (Fsp3) is 0.333. The Morgan fingerprint density at radius 1 is 0.943 bits per heavy atom. The van der Waals surface area contributed by atoms with Gasteiger partial charge in [-0.1, -0.05) is 61.2 Å². The Kier molecular flexibility index (Phi) is 8.11. The Morgan fingerprint density at radius 3 is 2.26 bits per heavy atom. The van der Waals surface area contributed by atoms with Gasteiger partial charge >= 0.3 is 0 Å². The summed E-state index contributed by atoms with van der Waals surface area (Å²) in [7, 11) is 3.37. The molecule has 1 atom stereocenters. The normalized spacial score (nSPS) is 20.6. The molecule has 5 heteroatoms. The highest BCUT2D eigenvalue weighted by Gasteiger charge is 2.37. The number of benzene rings is 3. The Balaban J connectivity index is 1.43. The highest BCUT2D eigenvalue weighted by atomic mass is 16.5. The van der Waals surface area contributed by atoms with Crippen LogP contribution in [0.25, 0.3) is 5.70 Å². The average Bonchev–Trinajstić information content (AvgIpc) is 2.93. The minimum Gasteiger partial charge on any atom is -0.497 e. The van der Waals surface area contributed by atoms with Crippen LogP contribution in [0.5, 0.6) is 11.5 Å². The molecule has 184 valence electrons. The van der Waals surface area contributed by atoms with Gasteiger partial charge < -0.3 is 20.5 Å². The van der Waals surface area contributed by atoms with Crippen LogP contribution in [0.15, 0.2) is 85.4 Å². The predicted octanol–water partition coefficient (Wildman–Crippen LogP) is 5.39. The first-order chi connectivity index (χ1) is 17.0. The lowest BCUT2D eigenvalue weighted by Gasteiger charge is -2.42. The van der Waals surface area contributed by atoms with E-state index in [4.69, 9.17) is 15.2 Å². The van der Waals surface area contributed by atoms with E-state index in [9.17, 15) is 0 Å². The summed E-state index contributed by atoms with van der Waals surface area (Å²) < 4.78 is 10.8. The van der Waals surface area contributed by atoms with E-state index in [0.717, 1.165) is 60.6 Å². The monoisotopic (exact) mass is 471 g/mol. The topological polar surface area (TPSA) is 68.5 Å². The van der Waals surface area contributed by atoms with E-state index in [2.05, 4.69) is 47.5 Å². The molecule has 0 bridgehead atoms. The van der Waals surface area contributed by atoms with Gasteiger partial charge in [0.05, 0.1) is 20.4 Å². The largest absolute Gasteiger partial charge is 0.497 e. The lowest BCUT2D eigenvalue weighted by molar-refractivity contribution is 0.234. The van der Waals surface area contributed by atoms with Crippen molar-refractivity contribution in [3.8, 4) is 11.5 Å². The number of nitrogens with two attached hydrogens (primary N) is 1. The van der Waals surface area contributed by atoms with Crippen molar-refractivity contribution in [2.24, 2.45) is 5.73 Å². The summed E-state index contributed by atoms with van der Waals surface area (Å²) in [5.41, 5.74) is 10.9. The number of hydrogen-bond donors (Lipinski definition) is 3. The van der Waals surface area contributed by atoms with Gasteiger partial charge in [0, 0.05) is 29.3 Å². The zero-order valence-electron chi connectivity index (χ0n) is 20.8. The first kappa shape index (κ1) is 24.8. The van der Waals surface area contributed by atoms with Gasteiger partial charge in [-0.05, 0) is 61.1 Å². The Morgan fingerprint density at radius 2 is 1.60 bits per heavy atom. The van der Waals surface area contributed by atoms with Gasteiger partial charge in [-0.3, -0.25) is 5.32 Å². The molecule has 1 aliphatic carbocycles. The van der Waals surface area contributed by atoms with Crippen molar-refractivity contribution >= 4 is 5.70 Å². The van der Waals surface area contributed by atoms with Crippen LogP contribution in [0.4, 0.5) is 0 Å². The molecule has 0 spiro atoms. The van der Waals surface area contributed by atoms with Crippen LogP contribution in [-0.4, -0.2) is 26.8 Å². The summed E-state index contributed by atoms with van der Waals surface area (Å²) in [5, 5.41) is 7.29. The van der Waals surface area contributed by atoms with E-state index in [0.29, 0.717) is 6.04 Å². The number of para-hydroxylation sites is 1. The molecule has 0 aliphatic heterocycles. The van der Waals surface area contributed by atoms with E-state index in [1.165, 1.54) is 5.56 Å². The summed E-state index contributed by atoms with van der Waals surface area (Å²) in [6.07, 6.45) is 4.05. The number of rotatable bonds is 10. The van der Waals surface area contributed by atoms with Crippen molar-refractivity contribution in [1.29, 1.82) is 0 Å². The number of nitrogens with one attached hydrogen (secondary N) is 2. The summed E-state index contributed by atoms with van der Waals surface area (Å²) in [4.78, 5) is 0. The lowest BCUT2D eigenvalue weighted by Crippen LogP contribution is -2.46. The zero-order chi connectivity index (χ0) is 24.7. The van der Waals surface area contributed by atoms with Crippen LogP contribution in [0.3, 0.4) is 0 Å². The third-order valence-corrected chi connectivity index (χ3v) is 7.29. The van der Waals surface area contributed by atoms with Crippen LogP contribution in [0.2, 0.25) is 0 Å². The Hall–Kier alpha value is -3.28. The summed E-state index contributed by atoms with van der Waals surface area (Å²) >= 11 is 0. The van der Waals surface area contributed by atoms with Crippen molar-refractivity contribution in [1.82, 2.24) is 10.6 Å². The molecule has 3 aromatic rings. The number of ether oxygens (including phenoxy) is 2. The van der Waals surface area contributed by atoms with Gasteiger partial charge in [-0.2, -0.15) is 0 Å². The molecule has 5 nitrogen and oxygen atoms in total. The van der Waals surface area contributed by atoms with Gasteiger partial charge in [0.1, 0.15) is 11.5 Å². The second kappa shape index (κ2) is 11.4. The van der Waals surface area contributed by atoms with Crippen molar-refractivity contribution in [2.75, 3.05) is 20.8 Å². The van der Waals surface area contributed by atoms with Crippen molar-refractivity contribution < 1.29 is 9.47 Å². The van der Waals surface area contributed by atoms with Gasteiger partial charge in [0.25, 0.3) is 0 Å². The molecule has 0 aromatic heterocycles. The van der Waals surface area contributed by atoms with Gasteiger partial charge in [-0.15, -0.1) is 0 Å². The summed E-state index contributed by atoms with van der Waals surface area (Å²) in [6, 6.07) is 27.2. The third kappa shape index (κ3) is 5.87. The van der Waals surface area contributed by atoms with Crippen LogP contribution in [-0.2, 0) is 5.41 Å². The molecule has 0 amide bonds. The maximum Gasteiger partial charge on any atom is 0.128 e. The van der Waals surface area contributed by atoms with Crippen molar-refractivity contribution in [2.45, 2.75) is 43.3 Å². The summed E-state index contributed by atoms with van der Waals surface area (Å²) in [6.45, 7) is 5.14. The van der Waals surface area contributed by atoms with Crippen LogP contribution >= 0.6 is 0 Å². The molecule has 0 radical (unpaired) electrons. The quantitative estimate of drug-likeness (QED) is 0.346. The molecule has 0 saturated heterocycles.